The van der Waals surface area contributed by atoms with E-state index in [1.165, 1.54) is 0 Å². The predicted octanol–water partition coefficient (Wildman–Crippen LogP) is 3.84. The zero-order valence-corrected chi connectivity index (χ0v) is 11.6. The monoisotopic (exact) mass is 324 g/mol. The Bertz CT molecular complexity index is 367. The van der Waals surface area contributed by atoms with Gasteiger partial charge < -0.3 is 9.47 Å². The lowest BCUT2D eigenvalue weighted by atomic mass is 10.1. The first-order valence-electron chi connectivity index (χ1n) is 4.97. The van der Waals surface area contributed by atoms with Crippen LogP contribution in [0.1, 0.15) is 10.4 Å². The Hall–Kier alpha value is 0.200. The van der Waals surface area contributed by atoms with Crippen LogP contribution in [-0.4, -0.2) is 25.9 Å². The summed E-state index contributed by atoms with van der Waals surface area (Å²) in [6.45, 7) is 1.86. The summed E-state index contributed by atoms with van der Waals surface area (Å²) >= 11 is 15.6. The lowest BCUT2D eigenvalue weighted by molar-refractivity contribution is -0.0876. The van der Waals surface area contributed by atoms with E-state index in [-0.39, 0.29) is 10.9 Å². The fourth-order valence-electron chi connectivity index (χ4n) is 1.60. The molecule has 0 aliphatic carbocycles. The van der Waals surface area contributed by atoms with Gasteiger partial charge in [0, 0.05) is 10.0 Å². The van der Waals surface area contributed by atoms with Gasteiger partial charge in [-0.05, 0) is 17.7 Å². The van der Waals surface area contributed by atoms with Gasteiger partial charge in [0.15, 0.2) is 0 Å². The van der Waals surface area contributed by atoms with E-state index in [1.54, 1.807) is 6.07 Å². The van der Waals surface area contributed by atoms with E-state index >= 15 is 0 Å². The smallest absolute Gasteiger partial charge is 0.0975 e. The van der Waals surface area contributed by atoms with Gasteiger partial charge >= 0.3 is 0 Å². The number of rotatable bonds is 2. The second-order valence-electron chi connectivity index (χ2n) is 3.55. The van der Waals surface area contributed by atoms with Crippen LogP contribution in [-0.2, 0) is 9.47 Å². The number of alkyl halides is 1. The van der Waals surface area contributed by atoms with Gasteiger partial charge in [-0.15, -0.1) is 0 Å². The van der Waals surface area contributed by atoms with Crippen molar-refractivity contribution in [3.63, 3.8) is 0 Å². The van der Waals surface area contributed by atoms with Crippen LogP contribution >= 0.6 is 39.1 Å². The molecule has 0 spiro atoms. The Labute approximate surface area is 113 Å². The van der Waals surface area contributed by atoms with Crippen LogP contribution < -0.4 is 0 Å². The van der Waals surface area contributed by atoms with Crippen molar-refractivity contribution in [2.45, 2.75) is 10.9 Å². The van der Waals surface area contributed by atoms with Crippen LogP contribution in [0.3, 0.4) is 0 Å². The average molecular weight is 326 g/mol. The molecular formula is C11H11BrCl2O2. The Balaban J connectivity index is 2.15. The highest BCUT2D eigenvalue weighted by molar-refractivity contribution is 9.09. The van der Waals surface area contributed by atoms with E-state index in [2.05, 4.69) is 15.9 Å². The molecule has 2 rings (SSSR count). The molecule has 0 bridgehead atoms. The average Bonchev–Trinajstić information content (AvgIpc) is 2.29. The van der Waals surface area contributed by atoms with Gasteiger partial charge in [-0.1, -0.05) is 45.2 Å². The fourth-order valence-corrected chi connectivity index (χ4v) is 2.96. The lowest BCUT2D eigenvalue weighted by Crippen LogP contribution is -2.31. The first kappa shape index (κ1) is 12.7. The third kappa shape index (κ3) is 2.90. The van der Waals surface area contributed by atoms with Crippen molar-refractivity contribution in [2.24, 2.45) is 0 Å². The van der Waals surface area contributed by atoms with Gasteiger partial charge in [0.2, 0.25) is 0 Å². The maximum Gasteiger partial charge on any atom is 0.0975 e. The molecule has 2 unspecified atom stereocenters. The minimum atomic E-state index is -0.00701. The molecule has 1 aliphatic rings. The summed E-state index contributed by atoms with van der Waals surface area (Å²) in [5.41, 5.74) is 0.974. The second-order valence-corrected chi connectivity index (χ2v) is 5.38. The quantitative estimate of drug-likeness (QED) is 0.769. The maximum absolute atomic E-state index is 6.13. The molecule has 1 aromatic carbocycles. The van der Waals surface area contributed by atoms with Crippen LogP contribution in [0.4, 0.5) is 0 Å². The summed E-state index contributed by atoms with van der Waals surface area (Å²) in [5.74, 6) is 0. The van der Waals surface area contributed by atoms with Crippen LogP contribution in [0.5, 0.6) is 0 Å². The minimum absolute atomic E-state index is 0.00701. The molecule has 0 radical (unpaired) electrons. The first-order chi connectivity index (χ1) is 7.68. The fraction of sp³-hybridized carbons (Fsp3) is 0.455. The minimum Gasteiger partial charge on any atom is -0.376 e. The van der Waals surface area contributed by atoms with Gasteiger partial charge in [0.1, 0.15) is 0 Å². The van der Waals surface area contributed by atoms with Crippen LogP contribution in [0.2, 0.25) is 10.0 Å². The number of halogens is 3. The summed E-state index contributed by atoms with van der Waals surface area (Å²) in [7, 11) is 0. The van der Waals surface area contributed by atoms with E-state index in [9.17, 15) is 0 Å². The standard InChI is InChI=1S/C11H11BrCl2O2/c12-11(10-6-15-3-4-16-10)8-2-1-7(13)5-9(8)14/h1-2,5,10-11H,3-4,6H2. The van der Waals surface area contributed by atoms with Crippen molar-refractivity contribution in [1.82, 2.24) is 0 Å². The molecule has 1 aromatic rings. The van der Waals surface area contributed by atoms with Crippen LogP contribution in [0.25, 0.3) is 0 Å². The van der Waals surface area contributed by atoms with Gasteiger partial charge in [-0.3, -0.25) is 0 Å². The summed E-state index contributed by atoms with van der Waals surface area (Å²) in [6.07, 6.45) is -0.00701. The topological polar surface area (TPSA) is 18.5 Å². The molecule has 1 heterocycles. The molecular weight excluding hydrogens is 315 g/mol. The van der Waals surface area contributed by atoms with Crippen molar-refractivity contribution in [2.75, 3.05) is 19.8 Å². The summed E-state index contributed by atoms with van der Waals surface area (Å²) < 4.78 is 11.0. The molecule has 88 valence electrons. The molecule has 2 nitrogen and oxygen atoms in total. The van der Waals surface area contributed by atoms with E-state index in [4.69, 9.17) is 32.7 Å². The lowest BCUT2D eigenvalue weighted by Gasteiger charge is -2.27. The Morgan fingerprint density at radius 2 is 2.12 bits per heavy atom. The Kier molecular flexibility index (Phi) is 4.50. The summed E-state index contributed by atoms with van der Waals surface area (Å²) in [4.78, 5) is 0.0255. The van der Waals surface area contributed by atoms with Crippen molar-refractivity contribution in [3.05, 3.63) is 33.8 Å². The summed E-state index contributed by atoms with van der Waals surface area (Å²) in [6, 6.07) is 5.46. The molecule has 0 N–H and O–H groups in total. The van der Waals surface area contributed by atoms with Crippen molar-refractivity contribution >= 4 is 39.1 Å². The molecule has 1 aliphatic heterocycles. The Morgan fingerprint density at radius 1 is 1.31 bits per heavy atom. The largest absolute Gasteiger partial charge is 0.376 e. The number of hydrogen-bond donors (Lipinski definition) is 0. The molecule has 16 heavy (non-hydrogen) atoms. The molecule has 0 amide bonds. The maximum atomic E-state index is 6.13. The summed E-state index contributed by atoms with van der Waals surface area (Å²) in [5, 5.41) is 1.28. The SMILES string of the molecule is Clc1ccc(C(Br)C2COCCO2)c(Cl)c1. The van der Waals surface area contributed by atoms with E-state index in [0.29, 0.717) is 29.9 Å². The van der Waals surface area contributed by atoms with Crippen molar-refractivity contribution in [1.29, 1.82) is 0 Å². The molecule has 2 atom stereocenters. The van der Waals surface area contributed by atoms with E-state index in [0.717, 1.165) is 5.56 Å². The third-order valence-electron chi connectivity index (χ3n) is 2.43. The van der Waals surface area contributed by atoms with Crippen molar-refractivity contribution in [3.8, 4) is 0 Å². The highest BCUT2D eigenvalue weighted by Crippen LogP contribution is 2.35. The molecule has 1 fully saturated rings. The van der Waals surface area contributed by atoms with Gasteiger partial charge in [-0.25, -0.2) is 0 Å². The number of hydrogen-bond acceptors (Lipinski definition) is 2. The van der Waals surface area contributed by atoms with E-state index in [1.807, 2.05) is 12.1 Å². The third-order valence-corrected chi connectivity index (χ3v) is 4.07. The molecule has 0 aromatic heterocycles. The van der Waals surface area contributed by atoms with Gasteiger partial charge in [0.25, 0.3) is 0 Å². The van der Waals surface area contributed by atoms with Crippen LogP contribution in [0, 0.1) is 0 Å². The van der Waals surface area contributed by atoms with Crippen molar-refractivity contribution < 1.29 is 9.47 Å². The normalized spacial score (nSPS) is 23.1. The first-order valence-corrected chi connectivity index (χ1v) is 6.64. The number of benzene rings is 1. The molecule has 0 saturated carbocycles. The van der Waals surface area contributed by atoms with Crippen LogP contribution in [0.15, 0.2) is 18.2 Å². The second kappa shape index (κ2) is 5.69. The highest BCUT2D eigenvalue weighted by Gasteiger charge is 2.25. The zero-order chi connectivity index (χ0) is 11.5. The van der Waals surface area contributed by atoms with Gasteiger partial charge in [0.05, 0.1) is 30.8 Å². The Morgan fingerprint density at radius 3 is 2.75 bits per heavy atom. The molecule has 1 saturated heterocycles. The highest BCUT2D eigenvalue weighted by atomic mass is 79.9. The predicted molar refractivity (Wildman–Crippen MR) is 68.7 cm³/mol. The zero-order valence-electron chi connectivity index (χ0n) is 8.46. The number of ether oxygens (including phenoxy) is 2. The molecule has 5 heteroatoms. The van der Waals surface area contributed by atoms with Gasteiger partial charge in [-0.2, -0.15) is 0 Å². The van der Waals surface area contributed by atoms with E-state index < -0.39 is 0 Å².